The number of benzene rings is 2. The van der Waals surface area contributed by atoms with Gasteiger partial charge in [0.2, 0.25) is 5.91 Å². The number of alkyl halides is 3. The van der Waals surface area contributed by atoms with Crippen LogP contribution in [0.3, 0.4) is 0 Å². The van der Waals surface area contributed by atoms with Gasteiger partial charge < -0.3 is 10.6 Å². The lowest BCUT2D eigenvalue weighted by molar-refractivity contribution is -0.137. The Morgan fingerprint density at radius 3 is 2.07 bits per heavy atom. The summed E-state index contributed by atoms with van der Waals surface area (Å²) in [6, 6.07) is 18.4. The minimum atomic E-state index is -4.47. The van der Waals surface area contributed by atoms with Gasteiger partial charge in [0.1, 0.15) is 6.54 Å². The second-order valence-corrected chi connectivity index (χ2v) is 7.33. The number of rotatable bonds is 5. The molecule has 0 aliphatic heterocycles. The van der Waals surface area contributed by atoms with Crippen LogP contribution in [0.5, 0.6) is 0 Å². The molecule has 0 aliphatic carbocycles. The molecule has 8 heteroatoms. The molecule has 2 aromatic carbocycles. The minimum Gasteiger partial charge on any atom is -0.368 e. The summed E-state index contributed by atoms with van der Waals surface area (Å²) in [6.45, 7) is 1.24. The van der Waals surface area contributed by atoms with Crippen LogP contribution in [0.2, 0.25) is 0 Å². The molecular formula is C22H21F3N2O2S. The molecule has 3 aromatic rings. The number of hydrogen-bond acceptors (Lipinski definition) is 3. The van der Waals surface area contributed by atoms with Gasteiger partial charge in [-0.2, -0.15) is 13.2 Å². The Balaban J connectivity index is 0.000000456. The smallest absolute Gasteiger partial charge is 0.368 e. The molecule has 1 aromatic heterocycles. The molecule has 0 fully saturated rings. The van der Waals surface area contributed by atoms with Crippen LogP contribution in [0.1, 0.15) is 26.4 Å². The first kappa shape index (κ1) is 23.2. The Morgan fingerprint density at radius 1 is 1.00 bits per heavy atom. The lowest BCUT2D eigenvalue weighted by Gasteiger charge is -2.21. The van der Waals surface area contributed by atoms with E-state index in [0.717, 1.165) is 22.6 Å². The van der Waals surface area contributed by atoms with Crippen LogP contribution in [0, 0.1) is 6.92 Å². The molecule has 2 N–H and O–H groups in total. The zero-order valence-electron chi connectivity index (χ0n) is 16.2. The number of nitrogens with two attached hydrogens (primary N) is 1. The van der Waals surface area contributed by atoms with Gasteiger partial charge in [-0.25, -0.2) is 0 Å². The molecule has 30 heavy (non-hydrogen) atoms. The largest absolute Gasteiger partial charge is 0.416 e. The molecule has 0 spiro atoms. The highest BCUT2D eigenvalue weighted by Crippen LogP contribution is 2.30. The summed E-state index contributed by atoms with van der Waals surface area (Å²) in [5.41, 5.74) is 5.37. The third-order valence-electron chi connectivity index (χ3n) is 3.98. The Labute approximate surface area is 176 Å². The van der Waals surface area contributed by atoms with Crippen LogP contribution in [-0.4, -0.2) is 23.3 Å². The van der Waals surface area contributed by atoms with Crippen molar-refractivity contribution >= 4 is 23.2 Å². The lowest BCUT2D eigenvalue weighted by atomic mass is 10.1. The van der Waals surface area contributed by atoms with E-state index in [1.54, 1.807) is 18.4 Å². The molecule has 1 heterocycles. The molecule has 0 aliphatic rings. The Kier molecular flexibility index (Phi) is 8.17. The van der Waals surface area contributed by atoms with Gasteiger partial charge in [-0.1, -0.05) is 48.5 Å². The van der Waals surface area contributed by atoms with Gasteiger partial charge in [-0.3, -0.25) is 9.59 Å². The van der Waals surface area contributed by atoms with E-state index in [4.69, 9.17) is 5.73 Å². The molecule has 0 bridgehead atoms. The maximum absolute atomic E-state index is 12.8. The van der Waals surface area contributed by atoms with Crippen molar-refractivity contribution in [3.8, 4) is 0 Å². The second kappa shape index (κ2) is 10.6. The second-order valence-electron chi connectivity index (χ2n) is 6.41. The normalized spacial score (nSPS) is 10.7. The first-order valence-electron chi connectivity index (χ1n) is 8.96. The van der Waals surface area contributed by atoms with Gasteiger partial charge in [0.05, 0.1) is 10.4 Å². The van der Waals surface area contributed by atoms with Gasteiger partial charge in [0, 0.05) is 6.54 Å². The Bertz CT molecular complexity index is 945. The number of carbonyl (C=O) groups excluding carboxylic acids is 2. The third kappa shape index (κ3) is 7.04. The van der Waals surface area contributed by atoms with Crippen LogP contribution in [0.15, 0.2) is 72.1 Å². The number of thiophene rings is 1. The zero-order valence-corrected chi connectivity index (χ0v) is 17.0. The van der Waals surface area contributed by atoms with Crippen LogP contribution in [0.25, 0.3) is 0 Å². The van der Waals surface area contributed by atoms with Crippen molar-refractivity contribution in [3.63, 3.8) is 0 Å². The first-order chi connectivity index (χ1) is 14.2. The standard InChI is InChI=1S/C16H15F3N2O2S.C6H6/c1-10-5-6-24-14(10)15(23)21(9-13(20)22)8-11-3-2-4-12(7-11)16(17,18)19;1-2-4-6-5-3-1/h2-7H,8-9H2,1H3,(H2,20,22);1-6H. The molecular weight excluding hydrogens is 413 g/mol. The maximum atomic E-state index is 12.8. The first-order valence-corrected chi connectivity index (χ1v) is 9.84. The average Bonchev–Trinajstić information content (AvgIpc) is 3.14. The van der Waals surface area contributed by atoms with Crippen LogP contribution in [-0.2, 0) is 17.5 Å². The maximum Gasteiger partial charge on any atom is 0.416 e. The number of hydrogen-bond donors (Lipinski definition) is 1. The van der Waals surface area contributed by atoms with E-state index in [-0.39, 0.29) is 18.7 Å². The quantitative estimate of drug-likeness (QED) is 0.622. The van der Waals surface area contributed by atoms with Crippen molar-refractivity contribution in [2.45, 2.75) is 19.6 Å². The van der Waals surface area contributed by atoms with E-state index in [9.17, 15) is 22.8 Å². The fourth-order valence-corrected chi connectivity index (χ4v) is 3.47. The molecule has 0 radical (unpaired) electrons. The third-order valence-corrected chi connectivity index (χ3v) is 4.99. The van der Waals surface area contributed by atoms with Crippen molar-refractivity contribution in [1.29, 1.82) is 0 Å². The summed E-state index contributed by atoms with van der Waals surface area (Å²) in [5, 5.41) is 1.73. The lowest BCUT2D eigenvalue weighted by Crippen LogP contribution is -2.38. The molecule has 0 atom stereocenters. The van der Waals surface area contributed by atoms with E-state index >= 15 is 0 Å². The molecule has 2 amide bonds. The fraction of sp³-hybridized carbons (Fsp3) is 0.182. The molecule has 3 rings (SSSR count). The highest BCUT2D eigenvalue weighted by atomic mass is 32.1. The van der Waals surface area contributed by atoms with E-state index in [0.29, 0.717) is 4.88 Å². The van der Waals surface area contributed by atoms with Crippen LogP contribution >= 0.6 is 11.3 Å². The van der Waals surface area contributed by atoms with Gasteiger partial charge >= 0.3 is 6.18 Å². The van der Waals surface area contributed by atoms with E-state index in [1.807, 2.05) is 36.4 Å². The van der Waals surface area contributed by atoms with Crippen LogP contribution in [0.4, 0.5) is 13.2 Å². The predicted molar refractivity (Wildman–Crippen MR) is 111 cm³/mol. The number of amides is 2. The number of nitrogens with zero attached hydrogens (tertiary/aromatic N) is 1. The van der Waals surface area contributed by atoms with Crippen molar-refractivity contribution in [3.05, 3.63) is 93.7 Å². The van der Waals surface area contributed by atoms with Crippen molar-refractivity contribution in [1.82, 2.24) is 4.90 Å². The average molecular weight is 434 g/mol. The summed E-state index contributed by atoms with van der Waals surface area (Å²) in [5.74, 6) is -1.16. The van der Waals surface area contributed by atoms with Gasteiger partial charge in [0.15, 0.2) is 0 Å². The summed E-state index contributed by atoms with van der Waals surface area (Å²) in [6.07, 6.45) is -4.47. The molecule has 0 saturated heterocycles. The van der Waals surface area contributed by atoms with Gasteiger partial charge in [-0.05, 0) is 41.6 Å². The SMILES string of the molecule is Cc1ccsc1C(=O)N(CC(N)=O)Cc1cccc(C(F)(F)F)c1.c1ccccc1. The Hall–Kier alpha value is -3.13. The monoisotopic (exact) mass is 434 g/mol. The van der Waals surface area contributed by atoms with E-state index in [1.165, 1.54) is 23.5 Å². The Morgan fingerprint density at radius 2 is 1.60 bits per heavy atom. The van der Waals surface area contributed by atoms with Crippen LogP contribution < -0.4 is 5.73 Å². The highest BCUT2D eigenvalue weighted by molar-refractivity contribution is 7.12. The minimum absolute atomic E-state index is 0.136. The molecule has 0 unspecified atom stereocenters. The number of carbonyl (C=O) groups is 2. The van der Waals surface area contributed by atoms with E-state index in [2.05, 4.69) is 0 Å². The zero-order chi connectivity index (χ0) is 22.1. The number of aryl methyl sites for hydroxylation is 1. The predicted octanol–water partition coefficient (Wildman–Crippen LogP) is 4.89. The summed E-state index contributed by atoms with van der Waals surface area (Å²) in [7, 11) is 0. The van der Waals surface area contributed by atoms with Gasteiger partial charge in [0.25, 0.3) is 5.91 Å². The van der Waals surface area contributed by atoms with Crippen molar-refractivity contribution in [2.24, 2.45) is 5.73 Å². The summed E-state index contributed by atoms with van der Waals surface area (Å²) >= 11 is 1.21. The molecule has 158 valence electrons. The van der Waals surface area contributed by atoms with Gasteiger partial charge in [-0.15, -0.1) is 11.3 Å². The molecule has 0 saturated carbocycles. The van der Waals surface area contributed by atoms with Crippen molar-refractivity contribution in [2.75, 3.05) is 6.54 Å². The fourth-order valence-electron chi connectivity index (χ4n) is 2.57. The molecule has 4 nitrogen and oxygen atoms in total. The summed E-state index contributed by atoms with van der Waals surface area (Å²) in [4.78, 5) is 25.4. The number of halogens is 3. The summed E-state index contributed by atoms with van der Waals surface area (Å²) < 4.78 is 38.4. The van der Waals surface area contributed by atoms with Crippen molar-refractivity contribution < 1.29 is 22.8 Å². The highest BCUT2D eigenvalue weighted by Gasteiger charge is 2.30. The van der Waals surface area contributed by atoms with E-state index < -0.39 is 23.6 Å². The topological polar surface area (TPSA) is 63.4 Å². The number of primary amides is 1.